The van der Waals surface area contributed by atoms with E-state index in [9.17, 15) is 14.3 Å². The van der Waals surface area contributed by atoms with Crippen molar-refractivity contribution >= 4 is 23.4 Å². The summed E-state index contributed by atoms with van der Waals surface area (Å²) in [6, 6.07) is 6.48. The summed E-state index contributed by atoms with van der Waals surface area (Å²) in [5.41, 5.74) is 2.45. The third kappa shape index (κ3) is 3.84. The molecule has 1 unspecified atom stereocenters. The van der Waals surface area contributed by atoms with Gasteiger partial charge >= 0.3 is 0 Å². The maximum absolute atomic E-state index is 13.1. The van der Waals surface area contributed by atoms with E-state index in [1.54, 1.807) is 15.8 Å². The lowest BCUT2D eigenvalue weighted by atomic mass is 9.87. The molecule has 3 aromatic rings. The maximum Gasteiger partial charge on any atom is 0.245 e. The van der Waals surface area contributed by atoms with Crippen molar-refractivity contribution in [3.63, 3.8) is 0 Å². The third-order valence-electron chi connectivity index (χ3n) is 6.13. The Morgan fingerprint density at radius 1 is 1.19 bits per heavy atom. The van der Waals surface area contributed by atoms with Crippen molar-refractivity contribution in [1.82, 2.24) is 19.7 Å². The summed E-state index contributed by atoms with van der Waals surface area (Å²) in [5, 5.41) is 18.5. The van der Waals surface area contributed by atoms with Crippen molar-refractivity contribution in [3.8, 4) is 0 Å². The minimum atomic E-state index is -0.970. The molecule has 166 valence electrons. The topological polar surface area (TPSA) is 96.2 Å². The van der Waals surface area contributed by atoms with Gasteiger partial charge < -0.3 is 15.3 Å². The van der Waals surface area contributed by atoms with Crippen LogP contribution in [0.1, 0.15) is 61.1 Å². The molecule has 1 atom stereocenters. The molecule has 0 saturated heterocycles. The lowest BCUT2D eigenvalue weighted by Gasteiger charge is -2.32. The number of aliphatic hydroxyl groups is 1. The number of hydrogen-bond donors (Lipinski definition) is 2. The van der Waals surface area contributed by atoms with Crippen LogP contribution in [-0.2, 0) is 4.79 Å². The van der Waals surface area contributed by atoms with Crippen molar-refractivity contribution in [2.24, 2.45) is 0 Å². The number of aryl methyl sites for hydroxylation is 1. The molecule has 1 aliphatic carbocycles. The van der Waals surface area contributed by atoms with Crippen molar-refractivity contribution < 1.29 is 14.3 Å². The standard InChI is InChI=1S/C23H25FN6O2/c1-14-9-17-22(26-11-14)29(13-20(31)27-19-8-7-16(24)12-25-19)21-10-18(28-30(21)23(17)32)15-5-3-2-4-6-15/h7-12,15,23,32H,2-6,13H2,1H3,(H,25,27,31). The number of nitrogens with zero attached hydrogens (tertiary/aromatic N) is 5. The van der Waals surface area contributed by atoms with Crippen molar-refractivity contribution in [2.75, 3.05) is 16.8 Å². The van der Waals surface area contributed by atoms with Gasteiger partial charge in [-0.05, 0) is 43.5 Å². The van der Waals surface area contributed by atoms with Crippen LogP contribution >= 0.6 is 0 Å². The van der Waals surface area contributed by atoms with Crippen LogP contribution in [-0.4, -0.2) is 37.3 Å². The highest BCUT2D eigenvalue weighted by atomic mass is 19.1. The van der Waals surface area contributed by atoms with E-state index in [2.05, 4.69) is 15.3 Å². The quantitative estimate of drug-likeness (QED) is 0.646. The van der Waals surface area contributed by atoms with Gasteiger partial charge in [-0.15, -0.1) is 0 Å². The molecule has 0 bridgehead atoms. The van der Waals surface area contributed by atoms with E-state index in [1.165, 1.54) is 31.4 Å². The van der Waals surface area contributed by atoms with Gasteiger partial charge in [0, 0.05) is 23.7 Å². The first-order valence-corrected chi connectivity index (χ1v) is 10.9. The Labute approximate surface area is 185 Å². The summed E-state index contributed by atoms with van der Waals surface area (Å²) >= 11 is 0. The van der Waals surface area contributed by atoms with Gasteiger partial charge in [-0.3, -0.25) is 4.79 Å². The van der Waals surface area contributed by atoms with Crippen LogP contribution in [0.4, 0.5) is 21.8 Å². The summed E-state index contributed by atoms with van der Waals surface area (Å²) in [5.74, 6) is 0.964. The Balaban J connectivity index is 1.48. The Morgan fingerprint density at radius 3 is 2.75 bits per heavy atom. The highest BCUT2D eigenvalue weighted by molar-refractivity contribution is 5.94. The van der Waals surface area contributed by atoms with Gasteiger partial charge in [0.05, 0.1) is 11.9 Å². The number of carbonyl (C=O) groups excluding carboxylic acids is 1. The van der Waals surface area contributed by atoms with Gasteiger partial charge in [0.15, 0.2) is 6.23 Å². The molecule has 2 N–H and O–H groups in total. The second-order valence-corrected chi connectivity index (χ2v) is 8.50. The number of anilines is 3. The third-order valence-corrected chi connectivity index (χ3v) is 6.13. The molecule has 1 saturated carbocycles. The van der Waals surface area contributed by atoms with Crippen LogP contribution in [0.2, 0.25) is 0 Å². The Morgan fingerprint density at radius 2 is 2.00 bits per heavy atom. The average Bonchev–Trinajstić information content (AvgIpc) is 3.25. The lowest BCUT2D eigenvalue weighted by molar-refractivity contribution is -0.114. The zero-order valence-corrected chi connectivity index (χ0v) is 17.8. The highest BCUT2D eigenvalue weighted by Gasteiger charge is 2.34. The monoisotopic (exact) mass is 436 g/mol. The van der Waals surface area contributed by atoms with E-state index >= 15 is 0 Å². The number of halogens is 1. The number of amides is 1. The summed E-state index contributed by atoms with van der Waals surface area (Å²) in [6.45, 7) is 1.86. The van der Waals surface area contributed by atoms with Crippen molar-refractivity contribution in [1.29, 1.82) is 0 Å². The molecule has 0 spiro atoms. The fourth-order valence-electron chi connectivity index (χ4n) is 4.55. The number of aromatic nitrogens is 4. The van der Waals surface area contributed by atoms with E-state index < -0.39 is 12.0 Å². The van der Waals surface area contributed by atoms with Crippen molar-refractivity contribution in [3.05, 3.63) is 59.3 Å². The predicted molar refractivity (Wildman–Crippen MR) is 117 cm³/mol. The number of carbonyl (C=O) groups is 1. The van der Waals surface area contributed by atoms with Gasteiger partial charge in [0.1, 0.15) is 29.8 Å². The van der Waals surface area contributed by atoms with E-state index in [1.807, 2.05) is 19.1 Å². The van der Waals surface area contributed by atoms with E-state index in [4.69, 9.17) is 5.10 Å². The minimum absolute atomic E-state index is 0.0510. The highest BCUT2D eigenvalue weighted by Crippen LogP contribution is 2.41. The molecule has 32 heavy (non-hydrogen) atoms. The number of rotatable bonds is 4. The maximum atomic E-state index is 13.1. The number of hydrogen-bond acceptors (Lipinski definition) is 6. The zero-order chi connectivity index (χ0) is 22.2. The number of aliphatic hydroxyl groups excluding tert-OH is 1. The summed E-state index contributed by atoms with van der Waals surface area (Å²) < 4.78 is 14.7. The van der Waals surface area contributed by atoms with Gasteiger partial charge in [0.2, 0.25) is 5.91 Å². The largest absolute Gasteiger partial charge is 0.368 e. The molecule has 1 amide bonds. The molecule has 1 fully saturated rings. The average molecular weight is 436 g/mol. The molecule has 5 rings (SSSR count). The molecule has 3 aromatic heterocycles. The molecule has 4 heterocycles. The number of pyridine rings is 2. The first kappa shape index (κ1) is 20.6. The molecule has 9 heteroatoms. The number of fused-ring (bicyclic) bond motifs is 2. The normalized spacial score (nSPS) is 18.2. The molecule has 2 aliphatic rings. The fraction of sp³-hybridized carbons (Fsp3) is 0.391. The van der Waals surface area contributed by atoms with Crippen LogP contribution in [0.15, 0.2) is 36.7 Å². The van der Waals surface area contributed by atoms with Gasteiger partial charge in [-0.1, -0.05) is 19.3 Å². The SMILES string of the molecule is Cc1cnc2c(c1)C(O)n1nc(C3CCCCC3)cc1N2CC(=O)Nc1ccc(F)cn1. The molecular weight excluding hydrogens is 411 g/mol. The van der Waals surface area contributed by atoms with E-state index in [0.717, 1.165) is 30.3 Å². The summed E-state index contributed by atoms with van der Waals surface area (Å²) in [6.07, 6.45) is 7.54. The first-order valence-electron chi connectivity index (χ1n) is 10.9. The molecule has 0 radical (unpaired) electrons. The van der Waals surface area contributed by atoms with Crippen LogP contribution < -0.4 is 10.2 Å². The Hall–Kier alpha value is -3.33. The summed E-state index contributed by atoms with van der Waals surface area (Å²) in [4.78, 5) is 23.0. The molecular formula is C23H25FN6O2. The van der Waals surface area contributed by atoms with E-state index in [-0.39, 0.29) is 18.3 Å². The van der Waals surface area contributed by atoms with Crippen molar-refractivity contribution in [2.45, 2.75) is 51.2 Å². The zero-order valence-electron chi connectivity index (χ0n) is 17.8. The molecule has 1 aliphatic heterocycles. The Bertz CT molecular complexity index is 1140. The van der Waals surface area contributed by atoms with Gasteiger partial charge in [-0.25, -0.2) is 19.0 Å². The predicted octanol–water partition coefficient (Wildman–Crippen LogP) is 3.80. The lowest BCUT2D eigenvalue weighted by Crippen LogP contribution is -2.36. The smallest absolute Gasteiger partial charge is 0.245 e. The minimum Gasteiger partial charge on any atom is -0.368 e. The Kier molecular flexibility index (Phi) is 5.34. The van der Waals surface area contributed by atoms with Crippen LogP contribution in [0.25, 0.3) is 0 Å². The summed E-state index contributed by atoms with van der Waals surface area (Å²) in [7, 11) is 0. The number of nitrogens with one attached hydrogen (secondary N) is 1. The second kappa shape index (κ2) is 8.31. The van der Waals surface area contributed by atoms with Crippen LogP contribution in [0.3, 0.4) is 0 Å². The van der Waals surface area contributed by atoms with Crippen LogP contribution in [0.5, 0.6) is 0 Å². The molecule has 8 nitrogen and oxygen atoms in total. The van der Waals surface area contributed by atoms with Gasteiger partial charge in [-0.2, -0.15) is 5.10 Å². The first-order chi connectivity index (χ1) is 15.5. The fourth-order valence-corrected chi connectivity index (χ4v) is 4.55. The van der Waals surface area contributed by atoms with Crippen LogP contribution in [0, 0.1) is 12.7 Å². The second-order valence-electron chi connectivity index (χ2n) is 8.50. The molecule has 0 aromatic carbocycles. The van der Waals surface area contributed by atoms with Gasteiger partial charge in [0.25, 0.3) is 0 Å². The van der Waals surface area contributed by atoms with E-state index in [0.29, 0.717) is 23.1 Å².